The topological polar surface area (TPSA) is 63.6 Å². The van der Waals surface area contributed by atoms with Gasteiger partial charge in [0.25, 0.3) is 0 Å². The summed E-state index contributed by atoms with van der Waals surface area (Å²) in [7, 11) is 0. The van der Waals surface area contributed by atoms with Gasteiger partial charge in [-0.2, -0.15) is 0 Å². The minimum Gasteiger partial charge on any atom is -0.480 e. The summed E-state index contributed by atoms with van der Waals surface area (Å²) in [6.45, 7) is 3.33. The number of carboxylic acids is 1. The Morgan fingerprint density at radius 1 is 1.42 bits per heavy atom. The third kappa shape index (κ3) is 2.35. The number of esters is 1. The van der Waals surface area contributed by atoms with Crippen LogP contribution in [0.2, 0.25) is 0 Å². The number of hydrogen-bond donors (Lipinski definition) is 1. The van der Waals surface area contributed by atoms with E-state index in [9.17, 15) is 14.7 Å². The molecule has 4 nitrogen and oxygen atoms in total. The van der Waals surface area contributed by atoms with Crippen molar-refractivity contribution in [2.45, 2.75) is 32.6 Å². The molecule has 0 radical (unpaired) electrons. The summed E-state index contributed by atoms with van der Waals surface area (Å²) in [5.41, 5.74) is 0.928. The maximum atomic E-state index is 11.9. The van der Waals surface area contributed by atoms with E-state index in [4.69, 9.17) is 4.74 Å². The van der Waals surface area contributed by atoms with Crippen molar-refractivity contribution in [3.63, 3.8) is 0 Å². The molecule has 0 heterocycles. The van der Waals surface area contributed by atoms with Crippen LogP contribution in [0.3, 0.4) is 0 Å². The second-order valence-electron chi connectivity index (χ2n) is 5.16. The third-order valence-electron chi connectivity index (χ3n) is 3.81. The van der Waals surface area contributed by atoms with Crippen molar-refractivity contribution in [3.05, 3.63) is 35.4 Å². The zero-order valence-electron chi connectivity index (χ0n) is 11.2. The number of carboxylic acid groups (broad SMARTS) is 1. The molecule has 102 valence electrons. The van der Waals surface area contributed by atoms with Gasteiger partial charge in [0, 0.05) is 0 Å². The van der Waals surface area contributed by atoms with Crippen LogP contribution in [0, 0.1) is 5.41 Å². The number of hydrogen-bond acceptors (Lipinski definition) is 3. The Labute approximate surface area is 112 Å². The molecule has 1 N–H and O–H groups in total. The van der Waals surface area contributed by atoms with Gasteiger partial charge in [0.15, 0.2) is 5.41 Å². The Balaban J connectivity index is 2.16. The zero-order valence-corrected chi connectivity index (χ0v) is 11.2. The van der Waals surface area contributed by atoms with E-state index >= 15 is 0 Å². The Bertz CT molecular complexity index is 509. The standard InChI is InChI=1S/C15H18O4/c1-3-19-14(18)15(2,13(16)17)9-11-8-10-6-4-5-7-12(10)11/h4-7,11H,3,8-9H2,1-2H3,(H,16,17). The lowest BCUT2D eigenvalue weighted by atomic mass is 9.69. The molecule has 19 heavy (non-hydrogen) atoms. The van der Waals surface area contributed by atoms with Gasteiger partial charge in [-0.3, -0.25) is 9.59 Å². The predicted molar refractivity (Wildman–Crippen MR) is 69.9 cm³/mol. The maximum Gasteiger partial charge on any atom is 0.323 e. The molecule has 0 aromatic heterocycles. The first-order valence-corrected chi connectivity index (χ1v) is 6.47. The first-order chi connectivity index (χ1) is 8.99. The molecular formula is C15H18O4. The van der Waals surface area contributed by atoms with Crippen LogP contribution in [0.15, 0.2) is 24.3 Å². The molecule has 0 saturated heterocycles. The molecule has 0 aliphatic heterocycles. The van der Waals surface area contributed by atoms with Crippen LogP contribution in [0.25, 0.3) is 0 Å². The molecular weight excluding hydrogens is 244 g/mol. The molecule has 0 amide bonds. The highest BCUT2D eigenvalue weighted by atomic mass is 16.5. The van der Waals surface area contributed by atoms with Crippen molar-refractivity contribution in [1.29, 1.82) is 0 Å². The van der Waals surface area contributed by atoms with E-state index in [-0.39, 0.29) is 18.9 Å². The van der Waals surface area contributed by atoms with Gasteiger partial charge >= 0.3 is 11.9 Å². The van der Waals surface area contributed by atoms with Gasteiger partial charge in [0.1, 0.15) is 0 Å². The minimum atomic E-state index is -1.46. The van der Waals surface area contributed by atoms with Gasteiger partial charge in [-0.05, 0) is 43.7 Å². The fraction of sp³-hybridized carbons (Fsp3) is 0.467. The number of benzene rings is 1. The molecule has 0 spiro atoms. The van der Waals surface area contributed by atoms with Crippen LogP contribution in [0.1, 0.15) is 37.3 Å². The van der Waals surface area contributed by atoms with Crippen molar-refractivity contribution in [2.24, 2.45) is 5.41 Å². The van der Waals surface area contributed by atoms with Crippen molar-refractivity contribution in [1.82, 2.24) is 0 Å². The van der Waals surface area contributed by atoms with Crippen LogP contribution in [-0.4, -0.2) is 23.7 Å². The van der Waals surface area contributed by atoms with E-state index in [1.165, 1.54) is 12.5 Å². The number of rotatable bonds is 5. The predicted octanol–water partition coefficient (Wildman–Crippen LogP) is 2.37. The summed E-state index contributed by atoms with van der Waals surface area (Å²) in [4.78, 5) is 23.3. The van der Waals surface area contributed by atoms with Gasteiger partial charge in [0.2, 0.25) is 0 Å². The van der Waals surface area contributed by atoms with E-state index in [0.29, 0.717) is 0 Å². The van der Waals surface area contributed by atoms with Crippen molar-refractivity contribution in [3.8, 4) is 0 Å². The number of carbonyl (C=O) groups is 2. The summed E-state index contributed by atoms with van der Waals surface area (Å²) in [5.74, 6) is -1.64. The lowest BCUT2D eigenvalue weighted by Gasteiger charge is -2.35. The Morgan fingerprint density at radius 2 is 2.11 bits per heavy atom. The number of carbonyl (C=O) groups excluding carboxylic acids is 1. The molecule has 2 atom stereocenters. The third-order valence-corrected chi connectivity index (χ3v) is 3.81. The van der Waals surface area contributed by atoms with Gasteiger partial charge in [-0.15, -0.1) is 0 Å². The molecule has 1 aromatic carbocycles. The Morgan fingerprint density at radius 3 is 2.68 bits per heavy atom. The highest BCUT2D eigenvalue weighted by Crippen LogP contribution is 2.43. The van der Waals surface area contributed by atoms with E-state index in [2.05, 4.69) is 0 Å². The minimum absolute atomic E-state index is 0.127. The second-order valence-corrected chi connectivity index (χ2v) is 5.16. The fourth-order valence-electron chi connectivity index (χ4n) is 2.59. The first kappa shape index (κ1) is 13.6. The van der Waals surface area contributed by atoms with E-state index in [1.54, 1.807) is 6.92 Å². The molecule has 0 saturated carbocycles. The lowest BCUT2D eigenvalue weighted by molar-refractivity contribution is -0.168. The molecule has 2 unspecified atom stereocenters. The highest BCUT2D eigenvalue weighted by Gasteiger charge is 2.46. The smallest absolute Gasteiger partial charge is 0.323 e. The monoisotopic (exact) mass is 262 g/mol. The maximum absolute atomic E-state index is 11.9. The number of fused-ring (bicyclic) bond motifs is 1. The molecule has 1 aliphatic rings. The van der Waals surface area contributed by atoms with Crippen molar-refractivity contribution in [2.75, 3.05) is 6.61 Å². The summed E-state index contributed by atoms with van der Waals surface area (Å²) < 4.78 is 4.91. The lowest BCUT2D eigenvalue weighted by Crippen LogP contribution is -2.40. The summed E-state index contributed by atoms with van der Waals surface area (Å²) in [6, 6.07) is 7.94. The van der Waals surface area contributed by atoms with Gasteiger partial charge in [-0.25, -0.2) is 0 Å². The number of aliphatic carboxylic acids is 1. The first-order valence-electron chi connectivity index (χ1n) is 6.47. The van der Waals surface area contributed by atoms with Gasteiger partial charge < -0.3 is 9.84 Å². The highest BCUT2D eigenvalue weighted by molar-refractivity contribution is 5.98. The second kappa shape index (κ2) is 5.03. The largest absolute Gasteiger partial charge is 0.480 e. The number of ether oxygens (including phenoxy) is 1. The average molecular weight is 262 g/mol. The summed E-state index contributed by atoms with van der Waals surface area (Å²) in [5, 5.41) is 9.35. The van der Waals surface area contributed by atoms with Crippen molar-refractivity contribution < 1.29 is 19.4 Å². The molecule has 1 aromatic rings. The normalized spacial score (nSPS) is 19.8. The van der Waals surface area contributed by atoms with Crippen LogP contribution < -0.4 is 0 Å². The molecule has 4 heteroatoms. The van der Waals surface area contributed by atoms with Crippen molar-refractivity contribution >= 4 is 11.9 Å². The SMILES string of the molecule is CCOC(=O)C(C)(CC1Cc2ccccc21)C(=O)O. The van der Waals surface area contributed by atoms with E-state index < -0.39 is 17.4 Å². The molecule has 0 fully saturated rings. The molecule has 0 bridgehead atoms. The fourth-order valence-corrected chi connectivity index (χ4v) is 2.59. The van der Waals surface area contributed by atoms with Gasteiger partial charge in [0.05, 0.1) is 6.61 Å². The molecule has 1 aliphatic carbocycles. The summed E-state index contributed by atoms with van der Waals surface area (Å²) >= 11 is 0. The summed E-state index contributed by atoms with van der Waals surface area (Å²) in [6.07, 6.45) is 1.12. The van der Waals surface area contributed by atoms with Crippen LogP contribution >= 0.6 is 0 Å². The van der Waals surface area contributed by atoms with Crippen LogP contribution in [0.4, 0.5) is 0 Å². The van der Waals surface area contributed by atoms with Crippen LogP contribution in [-0.2, 0) is 20.7 Å². The Kier molecular flexibility index (Phi) is 3.60. The van der Waals surface area contributed by atoms with Gasteiger partial charge in [-0.1, -0.05) is 24.3 Å². The van der Waals surface area contributed by atoms with Crippen LogP contribution in [0.5, 0.6) is 0 Å². The van der Waals surface area contributed by atoms with E-state index in [1.807, 2.05) is 24.3 Å². The van der Waals surface area contributed by atoms with E-state index in [0.717, 1.165) is 12.0 Å². The quantitative estimate of drug-likeness (QED) is 0.653. The Hall–Kier alpha value is -1.84. The zero-order chi connectivity index (χ0) is 14.0. The average Bonchev–Trinajstić information content (AvgIpc) is 2.35. The molecule has 2 rings (SSSR count).